The molecule has 0 aliphatic rings. The fourth-order valence-electron chi connectivity index (χ4n) is 1.41. The fraction of sp³-hybridized carbons (Fsp3) is 0.100. The molecule has 3 nitrogen and oxygen atoms in total. The van der Waals surface area contributed by atoms with Crippen LogP contribution < -0.4 is 0 Å². The van der Waals surface area contributed by atoms with E-state index in [0.29, 0.717) is 10.9 Å². The predicted octanol–water partition coefficient (Wildman–Crippen LogP) is 1.78. The molecular weight excluding hydrogens is 217 g/mol. The average Bonchev–Trinajstić information content (AvgIpc) is 2.15. The maximum atomic E-state index is 12.9. The van der Waals surface area contributed by atoms with Crippen molar-refractivity contribution in [2.45, 2.75) is 4.90 Å². The third kappa shape index (κ3) is 1.83. The van der Waals surface area contributed by atoms with Crippen LogP contribution in [0.25, 0.3) is 10.9 Å². The molecule has 0 spiro atoms. The van der Waals surface area contributed by atoms with Gasteiger partial charge in [-0.3, -0.25) is 4.98 Å². The van der Waals surface area contributed by atoms with Gasteiger partial charge in [-0.25, -0.2) is 12.8 Å². The van der Waals surface area contributed by atoms with E-state index < -0.39 is 15.7 Å². The maximum absolute atomic E-state index is 12.9. The summed E-state index contributed by atoms with van der Waals surface area (Å²) in [7, 11) is -3.33. The van der Waals surface area contributed by atoms with Crippen molar-refractivity contribution in [3.05, 3.63) is 36.3 Å². The average molecular weight is 225 g/mol. The summed E-state index contributed by atoms with van der Waals surface area (Å²) in [5.74, 6) is -0.479. The number of hydrogen-bond donors (Lipinski definition) is 0. The van der Waals surface area contributed by atoms with Crippen LogP contribution in [0.5, 0.6) is 0 Å². The number of benzene rings is 1. The van der Waals surface area contributed by atoms with Crippen LogP contribution in [0, 0.1) is 5.82 Å². The van der Waals surface area contributed by atoms with Crippen molar-refractivity contribution in [2.75, 3.05) is 6.26 Å². The highest BCUT2D eigenvalue weighted by Crippen LogP contribution is 2.21. The zero-order chi connectivity index (χ0) is 11.1. The number of halogens is 1. The summed E-state index contributed by atoms with van der Waals surface area (Å²) in [4.78, 5) is 3.92. The molecule has 0 aliphatic carbocycles. The summed E-state index contributed by atoms with van der Waals surface area (Å²) >= 11 is 0. The molecule has 0 N–H and O–H groups in total. The smallest absolute Gasteiger partial charge is 0.177 e. The minimum absolute atomic E-state index is 0.125. The van der Waals surface area contributed by atoms with Crippen LogP contribution in [0.2, 0.25) is 0 Å². The zero-order valence-electron chi connectivity index (χ0n) is 7.94. The molecule has 0 bridgehead atoms. The third-order valence-electron chi connectivity index (χ3n) is 2.04. The highest BCUT2D eigenvalue weighted by molar-refractivity contribution is 7.91. The van der Waals surface area contributed by atoms with Crippen LogP contribution in [-0.2, 0) is 9.84 Å². The van der Waals surface area contributed by atoms with Crippen LogP contribution in [0.3, 0.4) is 0 Å². The molecule has 0 saturated heterocycles. The molecule has 78 valence electrons. The molecule has 0 fully saturated rings. The predicted molar refractivity (Wildman–Crippen MR) is 54.8 cm³/mol. The molecule has 0 unspecified atom stereocenters. The van der Waals surface area contributed by atoms with E-state index in [4.69, 9.17) is 0 Å². The molecule has 5 heteroatoms. The lowest BCUT2D eigenvalue weighted by Gasteiger charge is -2.02. The summed E-state index contributed by atoms with van der Waals surface area (Å²) in [6.45, 7) is 0. The number of aromatic nitrogens is 1. The Balaban J connectivity index is 2.89. The van der Waals surface area contributed by atoms with Crippen LogP contribution >= 0.6 is 0 Å². The molecule has 0 amide bonds. The summed E-state index contributed by atoms with van der Waals surface area (Å²) in [6.07, 6.45) is 2.11. The summed E-state index contributed by atoms with van der Waals surface area (Å²) < 4.78 is 35.6. The maximum Gasteiger partial charge on any atom is 0.177 e. The first-order valence-electron chi connectivity index (χ1n) is 4.23. The van der Waals surface area contributed by atoms with Crippen LogP contribution in [0.15, 0.2) is 35.4 Å². The zero-order valence-corrected chi connectivity index (χ0v) is 8.75. The molecule has 0 atom stereocenters. The minimum Gasteiger partial charge on any atom is -0.252 e. The van der Waals surface area contributed by atoms with E-state index in [2.05, 4.69) is 4.98 Å². The number of hydrogen-bond acceptors (Lipinski definition) is 3. The second-order valence-electron chi connectivity index (χ2n) is 3.25. The Kier molecular flexibility index (Phi) is 2.19. The Labute approximate surface area is 86.5 Å². The van der Waals surface area contributed by atoms with Gasteiger partial charge >= 0.3 is 0 Å². The van der Waals surface area contributed by atoms with Gasteiger partial charge in [-0.1, -0.05) is 12.1 Å². The number of pyridine rings is 1. The summed E-state index contributed by atoms with van der Waals surface area (Å²) in [6, 6.07) is 5.92. The fourth-order valence-corrected chi connectivity index (χ4v) is 2.25. The van der Waals surface area contributed by atoms with Crippen molar-refractivity contribution < 1.29 is 12.8 Å². The van der Waals surface area contributed by atoms with Gasteiger partial charge in [-0.15, -0.1) is 0 Å². The van der Waals surface area contributed by atoms with E-state index in [1.807, 2.05) is 0 Å². The van der Waals surface area contributed by atoms with E-state index in [-0.39, 0.29) is 4.90 Å². The van der Waals surface area contributed by atoms with E-state index in [0.717, 1.165) is 12.5 Å². The molecule has 1 aromatic heterocycles. The molecule has 0 saturated carbocycles. The van der Waals surface area contributed by atoms with Gasteiger partial charge in [0.25, 0.3) is 0 Å². The number of para-hydroxylation sites is 1. The molecule has 2 rings (SSSR count). The summed E-state index contributed by atoms with van der Waals surface area (Å²) in [5, 5.41) is 0.484. The quantitative estimate of drug-likeness (QED) is 0.743. The van der Waals surface area contributed by atoms with E-state index >= 15 is 0 Å². The van der Waals surface area contributed by atoms with Gasteiger partial charge in [-0.05, 0) is 12.1 Å². The number of fused-ring (bicyclic) bond motifs is 1. The first kappa shape index (κ1) is 10.0. The monoisotopic (exact) mass is 225 g/mol. The number of rotatable bonds is 1. The lowest BCUT2D eigenvalue weighted by atomic mass is 10.2. The van der Waals surface area contributed by atoms with Crippen LogP contribution in [-0.4, -0.2) is 19.7 Å². The lowest BCUT2D eigenvalue weighted by molar-refractivity contribution is 0.602. The van der Waals surface area contributed by atoms with Crippen molar-refractivity contribution in [3.8, 4) is 0 Å². The summed E-state index contributed by atoms with van der Waals surface area (Å²) in [5.41, 5.74) is 0.307. The minimum atomic E-state index is -3.33. The first-order chi connectivity index (χ1) is 6.98. The third-order valence-corrected chi connectivity index (χ3v) is 3.17. The molecule has 1 aromatic carbocycles. The van der Waals surface area contributed by atoms with Crippen molar-refractivity contribution in [3.63, 3.8) is 0 Å². The molecule has 15 heavy (non-hydrogen) atoms. The molecule has 1 heterocycles. The van der Waals surface area contributed by atoms with Crippen molar-refractivity contribution in [1.82, 2.24) is 4.98 Å². The van der Waals surface area contributed by atoms with Crippen LogP contribution in [0.1, 0.15) is 0 Å². The Morgan fingerprint density at radius 1 is 1.33 bits per heavy atom. The Bertz CT molecular complexity index is 622. The number of sulfone groups is 1. The van der Waals surface area contributed by atoms with Gasteiger partial charge in [0.05, 0.1) is 16.6 Å². The largest absolute Gasteiger partial charge is 0.252 e. The SMILES string of the molecule is CS(=O)(=O)c1cccc2cc(F)cnc12. The van der Waals surface area contributed by atoms with E-state index in [1.54, 1.807) is 12.1 Å². The van der Waals surface area contributed by atoms with Gasteiger partial charge in [0, 0.05) is 11.6 Å². The molecular formula is C10H8FNO2S. The van der Waals surface area contributed by atoms with Crippen molar-refractivity contribution in [2.24, 2.45) is 0 Å². The van der Waals surface area contributed by atoms with Gasteiger partial charge in [-0.2, -0.15) is 0 Å². The molecule has 0 radical (unpaired) electrons. The highest BCUT2D eigenvalue weighted by atomic mass is 32.2. The Hall–Kier alpha value is -1.49. The first-order valence-corrected chi connectivity index (χ1v) is 6.12. The topological polar surface area (TPSA) is 47.0 Å². The van der Waals surface area contributed by atoms with E-state index in [1.165, 1.54) is 12.1 Å². The highest BCUT2D eigenvalue weighted by Gasteiger charge is 2.12. The van der Waals surface area contributed by atoms with Crippen molar-refractivity contribution >= 4 is 20.7 Å². The van der Waals surface area contributed by atoms with Gasteiger partial charge in [0.15, 0.2) is 9.84 Å². The van der Waals surface area contributed by atoms with Gasteiger partial charge in [0.2, 0.25) is 0 Å². The van der Waals surface area contributed by atoms with Crippen molar-refractivity contribution in [1.29, 1.82) is 0 Å². The molecule has 2 aromatic rings. The van der Waals surface area contributed by atoms with E-state index in [9.17, 15) is 12.8 Å². The second-order valence-corrected chi connectivity index (χ2v) is 5.24. The van der Waals surface area contributed by atoms with Gasteiger partial charge in [0.1, 0.15) is 5.82 Å². The number of nitrogens with zero attached hydrogens (tertiary/aromatic N) is 1. The Morgan fingerprint density at radius 3 is 2.73 bits per heavy atom. The second kappa shape index (κ2) is 3.27. The Morgan fingerprint density at radius 2 is 2.07 bits per heavy atom. The molecule has 0 aliphatic heterocycles. The van der Waals surface area contributed by atoms with Crippen LogP contribution in [0.4, 0.5) is 4.39 Å². The lowest BCUT2D eigenvalue weighted by Crippen LogP contribution is -1.99. The normalized spacial score (nSPS) is 11.9. The standard InChI is InChI=1S/C10H8FNO2S/c1-15(13,14)9-4-2-3-7-5-8(11)6-12-10(7)9/h2-6H,1H3. The van der Waals surface area contributed by atoms with Gasteiger partial charge < -0.3 is 0 Å².